The zero-order chi connectivity index (χ0) is 11.7. The summed E-state index contributed by atoms with van der Waals surface area (Å²) in [7, 11) is 0. The number of hydrogen-bond donors (Lipinski definition) is 0. The van der Waals surface area contributed by atoms with Crippen LogP contribution >= 0.6 is 11.8 Å². The van der Waals surface area contributed by atoms with E-state index in [1.807, 2.05) is 37.3 Å². The first-order valence-corrected chi connectivity index (χ1v) is 6.08. The van der Waals surface area contributed by atoms with Crippen LogP contribution in [0.3, 0.4) is 0 Å². The minimum absolute atomic E-state index is 0.879. The van der Waals surface area contributed by atoms with Gasteiger partial charge in [-0.1, -0.05) is 23.9 Å². The molecular formula is C13H10N2OS. The van der Waals surface area contributed by atoms with Crippen molar-refractivity contribution in [3.63, 3.8) is 0 Å². The van der Waals surface area contributed by atoms with Crippen LogP contribution in [0, 0.1) is 6.92 Å². The first-order valence-electron chi connectivity index (χ1n) is 5.26. The normalized spacial score (nSPS) is 10.9. The predicted molar refractivity (Wildman–Crippen MR) is 67.1 cm³/mol. The first-order chi connectivity index (χ1) is 8.31. The fourth-order valence-corrected chi connectivity index (χ4v) is 2.40. The Hall–Kier alpha value is -1.81. The van der Waals surface area contributed by atoms with Gasteiger partial charge < -0.3 is 4.42 Å². The highest BCUT2D eigenvalue weighted by atomic mass is 32.2. The molecule has 84 valence electrons. The second kappa shape index (κ2) is 4.22. The Kier molecular flexibility index (Phi) is 2.57. The van der Waals surface area contributed by atoms with Gasteiger partial charge >= 0.3 is 0 Å². The lowest BCUT2D eigenvalue weighted by atomic mass is 10.3. The number of furan rings is 1. The standard InChI is InChI=1S/C13H10N2OS/c1-9-6-10(8-16-9)17-13-7-14-11-4-2-3-5-12(11)15-13/h2-8H,1H3. The van der Waals surface area contributed by atoms with Gasteiger partial charge in [0.25, 0.3) is 0 Å². The lowest BCUT2D eigenvalue weighted by molar-refractivity contribution is 0.530. The van der Waals surface area contributed by atoms with Crippen molar-refractivity contribution in [2.75, 3.05) is 0 Å². The molecule has 0 N–H and O–H groups in total. The monoisotopic (exact) mass is 242 g/mol. The van der Waals surface area contributed by atoms with E-state index in [1.54, 1.807) is 24.2 Å². The average Bonchev–Trinajstić information content (AvgIpc) is 2.75. The maximum absolute atomic E-state index is 5.26. The first kappa shape index (κ1) is 10.4. The number of rotatable bonds is 2. The summed E-state index contributed by atoms with van der Waals surface area (Å²) in [6, 6.07) is 9.84. The molecule has 0 radical (unpaired) electrons. The van der Waals surface area contributed by atoms with Crippen LogP contribution < -0.4 is 0 Å². The summed E-state index contributed by atoms with van der Waals surface area (Å²) in [5.41, 5.74) is 1.83. The van der Waals surface area contributed by atoms with Gasteiger partial charge in [0.1, 0.15) is 17.0 Å². The van der Waals surface area contributed by atoms with Crippen molar-refractivity contribution >= 4 is 22.8 Å². The molecule has 0 bridgehead atoms. The van der Waals surface area contributed by atoms with Crippen LogP contribution in [-0.4, -0.2) is 9.97 Å². The molecule has 0 aliphatic rings. The SMILES string of the molecule is Cc1cc(Sc2cnc3ccccc3n2)co1. The van der Waals surface area contributed by atoms with Gasteiger partial charge in [-0.25, -0.2) is 4.98 Å². The van der Waals surface area contributed by atoms with Gasteiger partial charge in [0.2, 0.25) is 0 Å². The van der Waals surface area contributed by atoms with Crippen LogP contribution in [0.5, 0.6) is 0 Å². The zero-order valence-corrected chi connectivity index (χ0v) is 10.1. The lowest BCUT2D eigenvalue weighted by Gasteiger charge is -1.99. The fraction of sp³-hybridized carbons (Fsp3) is 0.0769. The van der Waals surface area contributed by atoms with E-state index < -0.39 is 0 Å². The van der Waals surface area contributed by atoms with Crippen LogP contribution in [0.4, 0.5) is 0 Å². The third-order valence-corrected chi connectivity index (χ3v) is 3.21. The molecule has 0 saturated carbocycles. The lowest BCUT2D eigenvalue weighted by Crippen LogP contribution is -1.85. The molecule has 3 nitrogen and oxygen atoms in total. The second-order valence-corrected chi connectivity index (χ2v) is 4.79. The molecule has 3 rings (SSSR count). The highest BCUT2D eigenvalue weighted by molar-refractivity contribution is 7.99. The fourth-order valence-electron chi connectivity index (χ4n) is 1.58. The Bertz CT molecular complexity index is 663. The van der Waals surface area contributed by atoms with Crippen LogP contribution in [0.25, 0.3) is 11.0 Å². The summed E-state index contributed by atoms with van der Waals surface area (Å²) in [6.07, 6.45) is 3.52. The number of aromatic nitrogens is 2. The Morgan fingerprint density at radius 2 is 2.00 bits per heavy atom. The third kappa shape index (κ3) is 2.17. The van der Waals surface area contributed by atoms with E-state index in [0.717, 1.165) is 26.7 Å². The average molecular weight is 242 g/mol. The molecule has 2 aromatic heterocycles. The summed E-state index contributed by atoms with van der Waals surface area (Å²) in [4.78, 5) is 9.96. The van der Waals surface area contributed by atoms with Crippen molar-refractivity contribution in [3.05, 3.63) is 48.6 Å². The van der Waals surface area contributed by atoms with Crippen molar-refractivity contribution in [2.24, 2.45) is 0 Å². The molecule has 0 saturated heterocycles. The number of aryl methyl sites for hydroxylation is 1. The van der Waals surface area contributed by atoms with Crippen molar-refractivity contribution < 1.29 is 4.42 Å². The van der Waals surface area contributed by atoms with Gasteiger partial charge in [0.15, 0.2) is 0 Å². The third-order valence-electron chi connectivity index (χ3n) is 2.36. The van der Waals surface area contributed by atoms with Gasteiger partial charge in [0, 0.05) is 0 Å². The van der Waals surface area contributed by atoms with Gasteiger partial charge in [-0.05, 0) is 25.1 Å². The van der Waals surface area contributed by atoms with Crippen LogP contribution in [0.1, 0.15) is 5.76 Å². The van der Waals surface area contributed by atoms with Gasteiger partial charge in [-0.3, -0.25) is 4.98 Å². The molecule has 2 heterocycles. The van der Waals surface area contributed by atoms with Gasteiger partial charge in [0.05, 0.1) is 22.1 Å². The molecule has 4 heteroatoms. The van der Waals surface area contributed by atoms with Crippen LogP contribution in [0.15, 0.2) is 57.1 Å². The molecule has 17 heavy (non-hydrogen) atoms. The van der Waals surface area contributed by atoms with Crippen molar-refractivity contribution in [1.82, 2.24) is 9.97 Å². The number of hydrogen-bond acceptors (Lipinski definition) is 4. The van der Waals surface area contributed by atoms with E-state index in [0.29, 0.717) is 0 Å². The van der Waals surface area contributed by atoms with Crippen molar-refractivity contribution in [1.29, 1.82) is 0 Å². The Balaban J connectivity index is 1.95. The number of nitrogens with zero attached hydrogens (tertiary/aromatic N) is 2. The molecule has 0 unspecified atom stereocenters. The second-order valence-electron chi connectivity index (χ2n) is 3.69. The van der Waals surface area contributed by atoms with E-state index in [-0.39, 0.29) is 0 Å². The maximum atomic E-state index is 5.26. The summed E-state index contributed by atoms with van der Waals surface area (Å²) in [5, 5.41) is 0.879. The molecule has 1 aromatic carbocycles. The van der Waals surface area contributed by atoms with Crippen LogP contribution in [0.2, 0.25) is 0 Å². The zero-order valence-electron chi connectivity index (χ0n) is 9.25. The predicted octanol–water partition coefficient (Wildman–Crippen LogP) is 3.68. The number of fused-ring (bicyclic) bond motifs is 1. The molecule has 0 aliphatic carbocycles. The van der Waals surface area contributed by atoms with Gasteiger partial charge in [-0.2, -0.15) is 0 Å². The Morgan fingerprint density at radius 1 is 1.18 bits per heavy atom. The van der Waals surface area contributed by atoms with Crippen molar-refractivity contribution in [3.8, 4) is 0 Å². The van der Waals surface area contributed by atoms with Gasteiger partial charge in [-0.15, -0.1) is 0 Å². The number of para-hydroxylation sites is 2. The molecular weight excluding hydrogens is 232 g/mol. The largest absolute Gasteiger partial charge is 0.468 e. The molecule has 3 aromatic rings. The quantitative estimate of drug-likeness (QED) is 0.687. The summed E-state index contributed by atoms with van der Waals surface area (Å²) in [6.45, 7) is 1.93. The topological polar surface area (TPSA) is 38.9 Å². The molecule has 0 fully saturated rings. The Labute approximate surface area is 103 Å². The van der Waals surface area contributed by atoms with E-state index >= 15 is 0 Å². The van der Waals surface area contributed by atoms with Crippen LogP contribution in [-0.2, 0) is 0 Å². The van der Waals surface area contributed by atoms with E-state index in [4.69, 9.17) is 4.42 Å². The maximum Gasteiger partial charge on any atom is 0.120 e. The molecule has 0 amide bonds. The van der Waals surface area contributed by atoms with E-state index in [9.17, 15) is 0 Å². The minimum Gasteiger partial charge on any atom is -0.468 e. The highest BCUT2D eigenvalue weighted by Gasteiger charge is 2.03. The molecule has 0 spiro atoms. The van der Waals surface area contributed by atoms with E-state index in [2.05, 4.69) is 9.97 Å². The smallest absolute Gasteiger partial charge is 0.120 e. The van der Waals surface area contributed by atoms with Crippen molar-refractivity contribution in [2.45, 2.75) is 16.8 Å². The summed E-state index contributed by atoms with van der Waals surface area (Å²) >= 11 is 1.56. The Morgan fingerprint density at radius 3 is 2.76 bits per heavy atom. The molecule has 0 aliphatic heterocycles. The number of benzene rings is 1. The van der Waals surface area contributed by atoms with E-state index in [1.165, 1.54) is 0 Å². The highest BCUT2D eigenvalue weighted by Crippen LogP contribution is 2.27. The minimum atomic E-state index is 0.879. The summed E-state index contributed by atoms with van der Waals surface area (Å²) < 4.78 is 5.26. The summed E-state index contributed by atoms with van der Waals surface area (Å²) in [5.74, 6) is 0.904. The molecule has 0 atom stereocenters.